The molecule has 0 unspecified atom stereocenters. The molecule has 0 N–H and O–H groups in total. The standard InChI is InChI=1S/C20H20N2O5/c1-13-10-17-15(12-19(13)26-2)4-3-5-18(17)21-27-20(23)11-14-6-8-16(9-7-14)22(24)25/h6-10,12H,3-5,11H2,1-2H3. The van der Waals surface area contributed by atoms with Crippen molar-refractivity contribution in [1.82, 2.24) is 0 Å². The minimum absolute atomic E-state index is 0.00325. The topological polar surface area (TPSA) is 91.0 Å². The molecular formula is C20H20N2O5. The molecule has 0 atom stereocenters. The Morgan fingerprint density at radius 1 is 1.22 bits per heavy atom. The number of nitrogens with zero attached hydrogens (tertiary/aromatic N) is 2. The molecule has 0 radical (unpaired) electrons. The largest absolute Gasteiger partial charge is 0.496 e. The third-order valence-corrected chi connectivity index (χ3v) is 4.54. The highest BCUT2D eigenvalue weighted by atomic mass is 16.7. The molecule has 1 aliphatic rings. The number of fused-ring (bicyclic) bond motifs is 1. The summed E-state index contributed by atoms with van der Waals surface area (Å²) < 4.78 is 5.37. The summed E-state index contributed by atoms with van der Waals surface area (Å²) in [6.07, 6.45) is 2.60. The molecule has 0 aromatic heterocycles. The Bertz CT molecular complexity index is 903. The smallest absolute Gasteiger partial charge is 0.339 e. The summed E-state index contributed by atoms with van der Waals surface area (Å²) in [6.45, 7) is 1.96. The molecule has 7 nitrogen and oxygen atoms in total. The number of hydrogen-bond donors (Lipinski definition) is 0. The van der Waals surface area contributed by atoms with Gasteiger partial charge in [0.15, 0.2) is 0 Å². The lowest BCUT2D eigenvalue weighted by Gasteiger charge is -2.19. The van der Waals surface area contributed by atoms with Gasteiger partial charge in [-0.1, -0.05) is 17.3 Å². The molecule has 2 aromatic rings. The van der Waals surface area contributed by atoms with Gasteiger partial charge in [0.05, 0.1) is 24.2 Å². The number of aryl methyl sites for hydroxylation is 2. The van der Waals surface area contributed by atoms with Gasteiger partial charge in [-0.2, -0.15) is 0 Å². The predicted octanol–water partition coefficient (Wildman–Crippen LogP) is 3.74. The molecular weight excluding hydrogens is 348 g/mol. The number of carbonyl (C=O) groups excluding carboxylic acids is 1. The Labute approximate surface area is 156 Å². The first kappa shape index (κ1) is 18.6. The van der Waals surface area contributed by atoms with Gasteiger partial charge in [0.25, 0.3) is 5.69 Å². The maximum atomic E-state index is 12.1. The van der Waals surface area contributed by atoms with Crippen molar-refractivity contribution in [2.24, 2.45) is 5.16 Å². The monoisotopic (exact) mass is 368 g/mol. The lowest BCUT2D eigenvalue weighted by Crippen LogP contribution is -2.15. The van der Waals surface area contributed by atoms with Crippen LogP contribution in [0.2, 0.25) is 0 Å². The number of nitro benzene ring substituents is 1. The van der Waals surface area contributed by atoms with E-state index in [1.807, 2.05) is 19.1 Å². The van der Waals surface area contributed by atoms with Gasteiger partial charge in [0.2, 0.25) is 0 Å². The second kappa shape index (κ2) is 7.99. The van der Waals surface area contributed by atoms with Crippen LogP contribution in [-0.2, 0) is 22.5 Å². The third-order valence-electron chi connectivity index (χ3n) is 4.54. The first-order chi connectivity index (χ1) is 13.0. The molecule has 0 bridgehead atoms. The van der Waals surface area contributed by atoms with Crippen LogP contribution >= 0.6 is 0 Å². The van der Waals surface area contributed by atoms with Crippen molar-refractivity contribution in [3.05, 3.63) is 68.8 Å². The van der Waals surface area contributed by atoms with E-state index in [4.69, 9.17) is 9.57 Å². The van der Waals surface area contributed by atoms with Crippen LogP contribution in [-0.4, -0.2) is 23.7 Å². The lowest BCUT2D eigenvalue weighted by molar-refractivity contribution is -0.384. The number of nitro groups is 1. The fourth-order valence-electron chi connectivity index (χ4n) is 3.14. The van der Waals surface area contributed by atoms with Crippen LogP contribution in [0, 0.1) is 17.0 Å². The van der Waals surface area contributed by atoms with Crippen molar-refractivity contribution in [2.45, 2.75) is 32.6 Å². The number of non-ortho nitro benzene ring substituents is 1. The summed E-state index contributed by atoms with van der Waals surface area (Å²) in [5.41, 5.74) is 4.49. The highest BCUT2D eigenvalue weighted by Crippen LogP contribution is 2.29. The van der Waals surface area contributed by atoms with Crippen molar-refractivity contribution in [3.8, 4) is 5.75 Å². The molecule has 7 heteroatoms. The second-order valence-corrected chi connectivity index (χ2v) is 6.43. The zero-order chi connectivity index (χ0) is 19.4. The molecule has 0 spiro atoms. The summed E-state index contributed by atoms with van der Waals surface area (Å²) in [4.78, 5) is 27.4. The molecule has 0 fully saturated rings. The molecule has 2 aromatic carbocycles. The van der Waals surface area contributed by atoms with Crippen LogP contribution in [0.3, 0.4) is 0 Å². The number of rotatable bonds is 5. The highest BCUT2D eigenvalue weighted by molar-refractivity contribution is 6.03. The first-order valence-electron chi connectivity index (χ1n) is 8.66. The maximum Gasteiger partial charge on any atom is 0.339 e. The summed E-state index contributed by atoms with van der Waals surface area (Å²) in [6, 6.07) is 9.83. The van der Waals surface area contributed by atoms with Gasteiger partial charge >= 0.3 is 5.97 Å². The van der Waals surface area contributed by atoms with Gasteiger partial charge < -0.3 is 9.57 Å². The second-order valence-electron chi connectivity index (χ2n) is 6.43. The number of carbonyl (C=O) groups is 1. The molecule has 1 aliphatic carbocycles. The molecule has 0 saturated heterocycles. The normalized spacial score (nSPS) is 14.5. The van der Waals surface area contributed by atoms with E-state index in [-0.39, 0.29) is 12.1 Å². The number of oxime groups is 1. The molecule has 0 saturated carbocycles. The molecule has 3 rings (SSSR count). The number of methoxy groups -OCH3 is 1. The summed E-state index contributed by atoms with van der Waals surface area (Å²) in [5.74, 6) is 0.332. The van der Waals surface area contributed by atoms with E-state index in [1.54, 1.807) is 7.11 Å². The Balaban J connectivity index is 1.70. The van der Waals surface area contributed by atoms with E-state index < -0.39 is 10.9 Å². The minimum Gasteiger partial charge on any atom is -0.496 e. The predicted molar refractivity (Wildman–Crippen MR) is 100 cm³/mol. The number of hydrogen-bond acceptors (Lipinski definition) is 6. The first-order valence-corrected chi connectivity index (χ1v) is 8.66. The molecule has 0 aliphatic heterocycles. The van der Waals surface area contributed by atoms with Crippen LogP contribution in [0.1, 0.15) is 35.1 Å². The Morgan fingerprint density at radius 3 is 2.63 bits per heavy atom. The fourth-order valence-corrected chi connectivity index (χ4v) is 3.14. The van der Waals surface area contributed by atoms with E-state index in [1.165, 1.54) is 24.3 Å². The van der Waals surface area contributed by atoms with Crippen molar-refractivity contribution >= 4 is 17.4 Å². The van der Waals surface area contributed by atoms with E-state index in [9.17, 15) is 14.9 Å². The molecule has 0 heterocycles. The van der Waals surface area contributed by atoms with Gasteiger partial charge in [0, 0.05) is 17.7 Å². The zero-order valence-electron chi connectivity index (χ0n) is 15.2. The Hall–Kier alpha value is -3.22. The Morgan fingerprint density at radius 2 is 1.96 bits per heavy atom. The van der Waals surface area contributed by atoms with Crippen molar-refractivity contribution in [3.63, 3.8) is 0 Å². The van der Waals surface area contributed by atoms with Crippen LogP contribution in [0.4, 0.5) is 5.69 Å². The van der Waals surface area contributed by atoms with Gasteiger partial charge in [0.1, 0.15) is 5.75 Å². The van der Waals surface area contributed by atoms with Crippen LogP contribution in [0.15, 0.2) is 41.6 Å². The lowest BCUT2D eigenvalue weighted by atomic mass is 9.88. The van der Waals surface area contributed by atoms with E-state index >= 15 is 0 Å². The van der Waals surface area contributed by atoms with Gasteiger partial charge in [-0.25, -0.2) is 4.79 Å². The molecule has 27 heavy (non-hydrogen) atoms. The maximum absolute atomic E-state index is 12.1. The van der Waals surface area contributed by atoms with E-state index in [0.717, 1.165) is 47.4 Å². The Kier molecular flexibility index (Phi) is 5.49. The number of ether oxygens (including phenoxy) is 1. The average molecular weight is 368 g/mol. The average Bonchev–Trinajstić information content (AvgIpc) is 2.66. The van der Waals surface area contributed by atoms with Gasteiger partial charge in [-0.05, 0) is 55.0 Å². The molecule has 0 amide bonds. The summed E-state index contributed by atoms with van der Waals surface area (Å²) >= 11 is 0. The van der Waals surface area contributed by atoms with Crippen LogP contribution in [0.25, 0.3) is 0 Å². The van der Waals surface area contributed by atoms with Crippen LogP contribution in [0.5, 0.6) is 5.75 Å². The third kappa shape index (κ3) is 4.31. The van der Waals surface area contributed by atoms with Crippen LogP contribution < -0.4 is 4.74 Å². The molecule has 140 valence electrons. The quantitative estimate of drug-likeness (QED) is 0.455. The summed E-state index contributed by atoms with van der Waals surface area (Å²) in [5, 5.41) is 14.7. The van der Waals surface area contributed by atoms with E-state index in [0.29, 0.717) is 5.56 Å². The zero-order valence-corrected chi connectivity index (χ0v) is 15.2. The fraction of sp³-hybridized carbons (Fsp3) is 0.300. The highest BCUT2D eigenvalue weighted by Gasteiger charge is 2.19. The van der Waals surface area contributed by atoms with Gasteiger partial charge in [-0.3, -0.25) is 10.1 Å². The van der Waals surface area contributed by atoms with Crippen molar-refractivity contribution in [2.75, 3.05) is 7.11 Å². The van der Waals surface area contributed by atoms with Crippen molar-refractivity contribution in [1.29, 1.82) is 0 Å². The minimum atomic E-state index is -0.506. The van der Waals surface area contributed by atoms with E-state index in [2.05, 4.69) is 5.16 Å². The SMILES string of the molecule is COc1cc2c(cc1C)C(=NOC(=O)Cc1ccc([N+](=O)[O-])cc1)CCC2. The summed E-state index contributed by atoms with van der Waals surface area (Å²) in [7, 11) is 1.65. The van der Waals surface area contributed by atoms with Crippen molar-refractivity contribution < 1.29 is 19.3 Å². The van der Waals surface area contributed by atoms with Gasteiger partial charge in [-0.15, -0.1) is 0 Å². The number of benzene rings is 2.